The fraction of sp³-hybridized carbons (Fsp3) is 0.0769. The summed E-state index contributed by atoms with van der Waals surface area (Å²) < 4.78 is 7.61. The number of fused-ring (bicyclic) bond motifs is 2. The van der Waals surface area contributed by atoms with E-state index in [2.05, 4.69) is 47.6 Å². The molecule has 5 aromatic rings. The van der Waals surface area contributed by atoms with Crippen LogP contribution in [0.5, 0.6) is 5.88 Å². The zero-order valence-electron chi connectivity index (χ0n) is 16.8. The molecule has 5 rings (SSSR count). The van der Waals surface area contributed by atoms with E-state index in [0.29, 0.717) is 19.0 Å². The van der Waals surface area contributed by atoms with Gasteiger partial charge in [-0.1, -0.05) is 84.9 Å². The van der Waals surface area contributed by atoms with Gasteiger partial charge in [0.05, 0.1) is 6.54 Å². The molecule has 0 aliphatic heterocycles. The highest BCUT2D eigenvalue weighted by Crippen LogP contribution is 2.27. The summed E-state index contributed by atoms with van der Waals surface area (Å²) in [4.78, 5) is 0. The SMILES string of the molecule is N#Cc1c(OCc2cccc3ccccc23)nn(Cc2cccc3ccccc23)c1N. The summed E-state index contributed by atoms with van der Waals surface area (Å²) in [5.74, 6) is 0.566. The second-order valence-electron chi connectivity index (χ2n) is 7.40. The first-order valence-electron chi connectivity index (χ1n) is 10.1. The van der Waals surface area contributed by atoms with Gasteiger partial charge in [0.1, 0.15) is 18.5 Å². The minimum atomic E-state index is 0.258. The Balaban J connectivity index is 1.45. The van der Waals surface area contributed by atoms with Gasteiger partial charge in [-0.2, -0.15) is 5.26 Å². The maximum Gasteiger partial charge on any atom is 0.253 e. The van der Waals surface area contributed by atoms with Crippen molar-refractivity contribution < 1.29 is 4.74 Å². The van der Waals surface area contributed by atoms with Gasteiger partial charge in [-0.3, -0.25) is 0 Å². The van der Waals surface area contributed by atoms with E-state index in [1.807, 2.05) is 48.5 Å². The van der Waals surface area contributed by atoms with Crippen molar-refractivity contribution in [3.8, 4) is 11.9 Å². The Morgan fingerprint density at radius 3 is 2.06 bits per heavy atom. The van der Waals surface area contributed by atoms with Crippen LogP contribution in [0, 0.1) is 11.3 Å². The predicted octanol–water partition coefficient (Wildman–Crippen LogP) is 5.27. The van der Waals surface area contributed by atoms with Gasteiger partial charge >= 0.3 is 0 Å². The minimum Gasteiger partial charge on any atom is -0.471 e. The number of nitrogens with zero attached hydrogens (tertiary/aromatic N) is 3. The number of hydrogen-bond acceptors (Lipinski definition) is 4. The molecule has 5 heteroatoms. The van der Waals surface area contributed by atoms with Crippen molar-refractivity contribution in [2.75, 3.05) is 5.73 Å². The van der Waals surface area contributed by atoms with Crippen LogP contribution in [0.25, 0.3) is 21.5 Å². The Morgan fingerprint density at radius 2 is 1.39 bits per heavy atom. The Labute approximate surface area is 179 Å². The van der Waals surface area contributed by atoms with Crippen molar-refractivity contribution in [2.45, 2.75) is 13.2 Å². The maximum absolute atomic E-state index is 9.66. The zero-order chi connectivity index (χ0) is 21.2. The summed E-state index contributed by atoms with van der Waals surface area (Å²) >= 11 is 0. The first kappa shape index (κ1) is 18.7. The number of nitrogen functional groups attached to an aromatic ring is 1. The molecule has 0 radical (unpaired) electrons. The molecule has 4 aromatic carbocycles. The first-order valence-corrected chi connectivity index (χ1v) is 10.1. The summed E-state index contributed by atoms with van der Waals surface area (Å²) in [7, 11) is 0. The Kier molecular flexibility index (Phi) is 4.74. The molecular weight excluding hydrogens is 384 g/mol. The van der Waals surface area contributed by atoms with Crippen LogP contribution in [-0.4, -0.2) is 9.78 Å². The van der Waals surface area contributed by atoms with E-state index in [4.69, 9.17) is 10.5 Å². The van der Waals surface area contributed by atoms with E-state index in [1.165, 1.54) is 0 Å². The zero-order valence-corrected chi connectivity index (χ0v) is 16.8. The van der Waals surface area contributed by atoms with E-state index >= 15 is 0 Å². The van der Waals surface area contributed by atoms with E-state index in [-0.39, 0.29) is 11.4 Å². The molecule has 0 atom stereocenters. The number of nitrogens with two attached hydrogens (primary N) is 1. The summed E-state index contributed by atoms with van der Waals surface area (Å²) in [6.07, 6.45) is 0. The molecule has 0 spiro atoms. The van der Waals surface area contributed by atoms with Gasteiger partial charge in [-0.25, -0.2) is 4.68 Å². The van der Waals surface area contributed by atoms with Crippen LogP contribution in [0.4, 0.5) is 5.82 Å². The van der Waals surface area contributed by atoms with Gasteiger partial charge < -0.3 is 10.5 Å². The van der Waals surface area contributed by atoms with Gasteiger partial charge in [0.2, 0.25) is 0 Å². The van der Waals surface area contributed by atoms with Crippen LogP contribution in [0.1, 0.15) is 16.7 Å². The van der Waals surface area contributed by atoms with Crippen molar-refractivity contribution >= 4 is 27.4 Å². The molecule has 0 saturated heterocycles. The number of aromatic nitrogens is 2. The highest BCUT2D eigenvalue weighted by molar-refractivity contribution is 5.86. The molecule has 0 fully saturated rings. The van der Waals surface area contributed by atoms with E-state index in [9.17, 15) is 5.26 Å². The van der Waals surface area contributed by atoms with Crippen LogP contribution in [0.3, 0.4) is 0 Å². The lowest BCUT2D eigenvalue weighted by atomic mass is 10.0. The van der Waals surface area contributed by atoms with Crippen LogP contribution in [0.15, 0.2) is 84.9 Å². The largest absolute Gasteiger partial charge is 0.471 e. The molecule has 0 unspecified atom stereocenters. The average Bonchev–Trinajstić information content (AvgIpc) is 3.12. The first-order chi connectivity index (χ1) is 15.2. The second-order valence-corrected chi connectivity index (χ2v) is 7.40. The van der Waals surface area contributed by atoms with E-state index < -0.39 is 0 Å². The molecule has 1 heterocycles. The molecule has 0 saturated carbocycles. The van der Waals surface area contributed by atoms with Crippen LogP contribution in [0.2, 0.25) is 0 Å². The number of ether oxygens (including phenoxy) is 1. The molecule has 0 amide bonds. The van der Waals surface area contributed by atoms with Crippen LogP contribution >= 0.6 is 0 Å². The molecule has 5 nitrogen and oxygen atoms in total. The maximum atomic E-state index is 9.66. The van der Waals surface area contributed by atoms with Gasteiger partial charge in [-0.15, -0.1) is 5.10 Å². The molecule has 0 aliphatic rings. The van der Waals surface area contributed by atoms with Crippen molar-refractivity contribution in [2.24, 2.45) is 0 Å². The van der Waals surface area contributed by atoms with Gasteiger partial charge in [0.25, 0.3) is 5.88 Å². The van der Waals surface area contributed by atoms with Crippen LogP contribution in [-0.2, 0) is 13.2 Å². The summed E-state index contributed by atoms with van der Waals surface area (Å²) in [5.41, 5.74) is 8.64. The predicted molar refractivity (Wildman–Crippen MR) is 123 cm³/mol. The smallest absolute Gasteiger partial charge is 0.253 e. The summed E-state index contributed by atoms with van der Waals surface area (Å²) in [5, 5.41) is 18.7. The fourth-order valence-corrected chi connectivity index (χ4v) is 3.93. The average molecular weight is 404 g/mol. The van der Waals surface area contributed by atoms with E-state index in [0.717, 1.165) is 32.7 Å². The van der Waals surface area contributed by atoms with Gasteiger partial charge in [0, 0.05) is 0 Å². The Bertz CT molecular complexity index is 1430. The van der Waals surface area contributed by atoms with Crippen molar-refractivity contribution in [3.63, 3.8) is 0 Å². The number of rotatable bonds is 5. The number of hydrogen-bond donors (Lipinski definition) is 1. The highest BCUT2D eigenvalue weighted by Gasteiger charge is 2.18. The van der Waals surface area contributed by atoms with Crippen molar-refractivity contribution in [1.29, 1.82) is 5.26 Å². The fourth-order valence-electron chi connectivity index (χ4n) is 3.93. The van der Waals surface area contributed by atoms with Gasteiger partial charge in [0.15, 0.2) is 5.56 Å². The third-order valence-electron chi connectivity index (χ3n) is 5.52. The van der Waals surface area contributed by atoms with Crippen molar-refractivity contribution in [3.05, 3.63) is 102 Å². The monoisotopic (exact) mass is 404 g/mol. The normalized spacial score (nSPS) is 10.9. The number of nitriles is 1. The molecule has 150 valence electrons. The van der Waals surface area contributed by atoms with Crippen molar-refractivity contribution in [1.82, 2.24) is 9.78 Å². The number of benzene rings is 4. The molecule has 2 N–H and O–H groups in total. The summed E-state index contributed by atoms with van der Waals surface area (Å²) in [6, 6.07) is 30.7. The molecule has 31 heavy (non-hydrogen) atoms. The Morgan fingerprint density at radius 1 is 0.806 bits per heavy atom. The van der Waals surface area contributed by atoms with Gasteiger partial charge in [-0.05, 0) is 32.7 Å². The third-order valence-corrected chi connectivity index (χ3v) is 5.52. The molecular formula is C26H20N4O. The second kappa shape index (κ2) is 7.85. The lowest BCUT2D eigenvalue weighted by molar-refractivity contribution is 0.290. The third kappa shape index (κ3) is 3.45. The standard InChI is InChI=1S/C26H20N4O/c27-15-24-25(28)30(16-20-11-5-9-18-7-1-3-13-22(18)20)29-26(24)31-17-21-12-6-10-19-8-2-4-14-23(19)21/h1-14H,16-17,28H2. The topological polar surface area (TPSA) is 76.9 Å². The van der Waals surface area contributed by atoms with Crippen LogP contribution < -0.4 is 10.5 Å². The lowest BCUT2D eigenvalue weighted by Gasteiger charge is -2.08. The van der Waals surface area contributed by atoms with E-state index in [1.54, 1.807) is 4.68 Å². The molecule has 0 bridgehead atoms. The Hall–Kier alpha value is -4.30. The summed E-state index contributed by atoms with van der Waals surface area (Å²) in [6.45, 7) is 0.764. The molecule has 0 aliphatic carbocycles. The minimum absolute atomic E-state index is 0.258. The highest BCUT2D eigenvalue weighted by atomic mass is 16.5. The number of anilines is 1. The lowest BCUT2D eigenvalue weighted by Crippen LogP contribution is -2.07. The quantitative estimate of drug-likeness (QED) is 0.433. The molecule has 1 aromatic heterocycles.